The molecule has 0 radical (unpaired) electrons. The van der Waals surface area contributed by atoms with E-state index in [2.05, 4.69) is 15.3 Å². The highest BCUT2D eigenvalue weighted by molar-refractivity contribution is 7.18. The van der Waals surface area contributed by atoms with Crippen molar-refractivity contribution in [3.05, 3.63) is 76.4 Å². The van der Waals surface area contributed by atoms with E-state index in [0.29, 0.717) is 23.0 Å². The number of nitrogens with two attached hydrogens (primary N) is 1. The third kappa shape index (κ3) is 4.85. The van der Waals surface area contributed by atoms with Crippen LogP contribution < -0.4 is 11.1 Å². The topological polar surface area (TPSA) is 63.8 Å². The molecule has 4 nitrogen and oxygen atoms in total. The molecule has 0 saturated carbocycles. The van der Waals surface area contributed by atoms with E-state index in [-0.39, 0.29) is 6.04 Å². The zero-order chi connectivity index (χ0) is 20.4. The van der Waals surface area contributed by atoms with Crippen LogP contribution in [0.15, 0.2) is 54.9 Å². The van der Waals surface area contributed by atoms with Crippen molar-refractivity contribution in [2.75, 3.05) is 11.9 Å². The van der Waals surface area contributed by atoms with Gasteiger partial charge in [-0.15, -0.1) is 0 Å². The van der Waals surface area contributed by atoms with Crippen LogP contribution in [-0.4, -0.2) is 22.6 Å². The summed E-state index contributed by atoms with van der Waals surface area (Å²) in [6.07, 6.45) is 4.01. The van der Waals surface area contributed by atoms with Gasteiger partial charge in [-0.1, -0.05) is 52.7 Å². The Morgan fingerprint density at radius 1 is 1.00 bits per heavy atom. The number of thiazole rings is 1. The zero-order valence-corrected chi connectivity index (χ0v) is 17.5. The average molecular weight is 447 g/mol. The molecule has 0 aliphatic carbocycles. The maximum absolute atomic E-state index is 13.4. The van der Waals surface area contributed by atoms with E-state index in [1.807, 2.05) is 30.3 Å². The van der Waals surface area contributed by atoms with Gasteiger partial charge in [0.25, 0.3) is 0 Å². The molecule has 0 bridgehead atoms. The lowest BCUT2D eigenvalue weighted by molar-refractivity contribution is 0.586. The van der Waals surface area contributed by atoms with Crippen LogP contribution in [0.4, 0.5) is 9.52 Å². The molecular weight excluding hydrogens is 430 g/mol. The van der Waals surface area contributed by atoms with Crippen LogP contribution in [0.3, 0.4) is 0 Å². The maximum atomic E-state index is 13.4. The number of rotatable bonds is 6. The SMILES string of the molecule is N[C@@H](CNc1ncc(-c2ccc3cnc(F)cc3c2)s1)Cc1ccc(Cl)c(Cl)c1. The second-order valence-corrected chi connectivity index (χ2v) is 8.54. The Hall–Kier alpha value is -2.25. The summed E-state index contributed by atoms with van der Waals surface area (Å²) in [7, 11) is 0. The molecule has 8 heteroatoms. The lowest BCUT2D eigenvalue weighted by Crippen LogP contribution is -2.31. The van der Waals surface area contributed by atoms with Crippen LogP contribution in [0.5, 0.6) is 0 Å². The van der Waals surface area contributed by atoms with Gasteiger partial charge >= 0.3 is 0 Å². The second kappa shape index (κ2) is 8.63. The third-order valence-corrected chi connectivity index (χ3v) is 6.22. The van der Waals surface area contributed by atoms with E-state index in [0.717, 1.165) is 31.9 Å². The van der Waals surface area contributed by atoms with Gasteiger partial charge in [-0.3, -0.25) is 0 Å². The second-order valence-electron chi connectivity index (χ2n) is 6.69. The standard InChI is InChI=1S/C21H17Cl2FN4S/c22-17-4-1-12(6-18(17)23)5-16(25)10-27-21-28-11-19(29-21)13-2-3-14-9-26-20(24)8-15(14)7-13/h1-4,6-9,11,16H,5,10,25H2,(H,27,28)/t16-/m1/s1. The van der Waals surface area contributed by atoms with E-state index < -0.39 is 5.95 Å². The molecule has 0 fully saturated rings. The van der Waals surface area contributed by atoms with Gasteiger partial charge in [0.2, 0.25) is 5.95 Å². The monoisotopic (exact) mass is 446 g/mol. The van der Waals surface area contributed by atoms with Crippen LogP contribution in [0.25, 0.3) is 21.2 Å². The summed E-state index contributed by atoms with van der Waals surface area (Å²) in [5, 5.41) is 6.83. The highest BCUT2D eigenvalue weighted by atomic mass is 35.5. The molecule has 0 aliphatic heterocycles. The molecule has 148 valence electrons. The van der Waals surface area contributed by atoms with Crippen LogP contribution in [0.1, 0.15) is 5.56 Å². The van der Waals surface area contributed by atoms with Crippen molar-refractivity contribution in [2.45, 2.75) is 12.5 Å². The third-order valence-electron chi connectivity index (χ3n) is 4.48. The number of nitrogens with zero attached hydrogens (tertiary/aromatic N) is 2. The van der Waals surface area contributed by atoms with Gasteiger partial charge in [0.05, 0.1) is 14.9 Å². The molecule has 0 saturated heterocycles. The van der Waals surface area contributed by atoms with E-state index in [1.165, 1.54) is 23.6 Å². The summed E-state index contributed by atoms with van der Waals surface area (Å²) in [6, 6.07) is 12.7. The van der Waals surface area contributed by atoms with Crippen LogP contribution in [0, 0.1) is 5.95 Å². The molecule has 2 aromatic carbocycles. The smallest absolute Gasteiger partial charge is 0.213 e. The molecule has 2 aromatic heterocycles. The van der Waals surface area contributed by atoms with Gasteiger partial charge in [0.1, 0.15) is 0 Å². The summed E-state index contributed by atoms with van der Waals surface area (Å²) < 4.78 is 13.4. The minimum Gasteiger partial charge on any atom is -0.360 e. The van der Waals surface area contributed by atoms with Gasteiger partial charge in [-0.2, -0.15) is 4.39 Å². The first-order valence-electron chi connectivity index (χ1n) is 8.93. The lowest BCUT2D eigenvalue weighted by Gasteiger charge is -2.12. The number of anilines is 1. The Kier molecular flexibility index (Phi) is 5.96. The molecular formula is C21H17Cl2FN4S. The summed E-state index contributed by atoms with van der Waals surface area (Å²) in [6.45, 7) is 0.571. The first kappa shape index (κ1) is 20.0. The Morgan fingerprint density at radius 2 is 1.86 bits per heavy atom. The lowest BCUT2D eigenvalue weighted by atomic mass is 10.1. The number of nitrogens with one attached hydrogen (secondary N) is 1. The summed E-state index contributed by atoms with van der Waals surface area (Å²) >= 11 is 13.5. The minimum atomic E-state index is -0.489. The number of aromatic nitrogens is 2. The van der Waals surface area contributed by atoms with E-state index >= 15 is 0 Å². The number of hydrogen-bond donors (Lipinski definition) is 2. The molecule has 3 N–H and O–H groups in total. The van der Waals surface area contributed by atoms with E-state index in [9.17, 15) is 4.39 Å². The van der Waals surface area contributed by atoms with Crippen molar-refractivity contribution in [3.63, 3.8) is 0 Å². The van der Waals surface area contributed by atoms with Gasteiger partial charge < -0.3 is 11.1 Å². The summed E-state index contributed by atoms with van der Waals surface area (Å²) in [4.78, 5) is 9.09. The molecule has 4 rings (SSSR count). The first-order chi connectivity index (χ1) is 14.0. The molecule has 0 spiro atoms. The van der Waals surface area contributed by atoms with Crippen LogP contribution in [0.2, 0.25) is 10.0 Å². The fraction of sp³-hybridized carbons (Fsp3) is 0.143. The quantitative estimate of drug-likeness (QED) is 0.368. The van der Waals surface area contributed by atoms with Gasteiger partial charge in [0.15, 0.2) is 5.13 Å². The molecule has 0 aliphatic rings. The van der Waals surface area contributed by atoms with Crippen molar-refractivity contribution >= 4 is 50.4 Å². The largest absolute Gasteiger partial charge is 0.360 e. The average Bonchev–Trinajstić information content (AvgIpc) is 3.18. The summed E-state index contributed by atoms with van der Waals surface area (Å²) in [5.74, 6) is -0.489. The highest BCUT2D eigenvalue weighted by Crippen LogP contribution is 2.31. The van der Waals surface area contributed by atoms with Gasteiger partial charge in [-0.25, -0.2) is 9.97 Å². The Bertz CT molecular complexity index is 1160. The highest BCUT2D eigenvalue weighted by Gasteiger charge is 2.09. The van der Waals surface area contributed by atoms with Crippen molar-refractivity contribution in [1.29, 1.82) is 0 Å². The predicted molar refractivity (Wildman–Crippen MR) is 119 cm³/mol. The minimum absolute atomic E-state index is 0.101. The molecule has 1 atom stereocenters. The van der Waals surface area contributed by atoms with Gasteiger partial charge in [0, 0.05) is 36.4 Å². The Labute approximate surface area is 181 Å². The normalized spacial score (nSPS) is 12.3. The van der Waals surface area contributed by atoms with Crippen molar-refractivity contribution in [2.24, 2.45) is 5.73 Å². The van der Waals surface area contributed by atoms with Gasteiger partial charge in [-0.05, 0) is 41.1 Å². The number of pyridine rings is 1. The summed E-state index contributed by atoms with van der Waals surface area (Å²) in [5.41, 5.74) is 8.25. The van der Waals surface area contributed by atoms with Crippen molar-refractivity contribution in [3.8, 4) is 10.4 Å². The van der Waals surface area contributed by atoms with Crippen LogP contribution >= 0.6 is 34.5 Å². The fourth-order valence-electron chi connectivity index (χ4n) is 3.02. The molecule has 4 aromatic rings. The molecule has 0 unspecified atom stereocenters. The zero-order valence-electron chi connectivity index (χ0n) is 15.2. The first-order valence-corrected chi connectivity index (χ1v) is 10.5. The van der Waals surface area contributed by atoms with E-state index in [1.54, 1.807) is 12.3 Å². The number of benzene rings is 2. The molecule has 0 amide bonds. The number of halogens is 3. The molecule has 29 heavy (non-hydrogen) atoms. The number of fused-ring (bicyclic) bond motifs is 1. The van der Waals surface area contributed by atoms with Crippen molar-refractivity contribution in [1.82, 2.24) is 9.97 Å². The maximum Gasteiger partial charge on any atom is 0.213 e. The Morgan fingerprint density at radius 3 is 2.69 bits per heavy atom. The Balaban J connectivity index is 1.40. The number of hydrogen-bond acceptors (Lipinski definition) is 5. The van der Waals surface area contributed by atoms with Crippen molar-refractivity contribution < 1.29 is 4.39 Å². The molecule has 2 heterocycles. The van der Waals surface area contributed by atoms with E-state index in [4.69, 9.17) is 28.9 Å². The predicted octanol–water partition coefficient (Wildman–Crippen LogP) is 5.79. The fourth-order valence-corrected chi connectivity index (χ4v) is 4.16. The van der Waals surface area contributed by atoms with Crippen LogP contribution in [-0.2, 0) is 6.42 Å².